The predicted molar refractivity (Wildman–Crippen MR) is 86.5 cm³/mol. The minimum Gasteiger partial charge on any atom is -0.490 e. The Balaban J connectivity index is 1.41. The molecule has 0 bridgehead atoms. The summed E-state index contributed by atoms with van der Waals surface area (Å²) >= 11 is 0. The summed E-state index contributed by atoms with van der Waals surface area (Å²) in [6.45, 7) is 1.13. The van der Waals surface area contributed by atoms with Crippen molar-refractivity contribution in [3.8, 4) is 5.75 Å². The van der Waals surface area contributed by atoms with E-state index >= 15 is 0 Å². The summed E-state index contributed by atoms with van der Waals surface area (Å²) < 4.78 is 13.0. The molecule has 1 aliphatic rings. The Bertz CT molecular complexity index is 602. The maximum absolute atomic E-state index is 12.0. The summed E-state index contributed by atoms with van der Waals surface area (Å²) in [7, 11) is 0. The van der Waals surface area contributed by atoms with Crippen LogP contribution in [0.4, 0.5) is 0 Å². The minimum atomic E-state index is -0.294. The highest BCUT2D eigenvalue weighted by Gasteiger charge is 2.16. The molecule has 1 aromatic carbocycles. The number of aryl methyl sites for hydroxylation is 1. The highest BCUT2D eigenvalue weighted by molar-refractivity contribution is 5.89. The van der Waals surface area contributed by atoms with Crippen LogP contribution in [-0.2, 0) is 11.3 Å². The standard InChI is InChI=1S/C18H22N2O3/c21-18(22-14-4-13-20-12-3-11-19-20)15-7-9-17(10-8-15)23-16-5-1-2-6-16/h3,7-12,16H,1-2,4-6,13-14H2. The van der Waals surface area contributed by atoms with Crippen LogP contribution in [0.1, 0.15) is 42.5 Å². The molecule has 0 unspecified atom stereocenters. The van der Waals surface area contributed by atoms with Gasteiger partial charge in [0.25, 0.3) is 0 Å². The lowest BCUT2D eigenvalue weighted by molar-refractivity contribution is 0.0495. The number of ether oxygens (including phenoxy) is 2. The van der Waals surface area contributed by atoms with Crippen molar-refractivity contribution in [2.45, 2.75) is 44.8 Å². The molecule has 0 saturated heterocycles. The van der Waals surface area contributed by atoms with Gasteiger partial charge in [-0.3, -0.25) is 4.68 Å². The van der Waals surface area contributed by atoms with Crippen molar-refractivity contribution in [2.24, 2.45) is 0 Å². The van der Waals surface area contributed by atoms with Crippen LogP contribution in [0, 0.1) is 0 Å². The Kier molecular flexibility index (Phi) is 5.29. The number of aromatic nitrogens is 2. The molecule has 3 rings (SSSR count). The van der Waals surface area contributed by atoms with Gasteiger partial charge in [0, 0.05) is 25.4 Å². The first-order valence-corrected chi connectivity index (χ1v) is 8.22. The molecule has 0 aliphatic heterocycles. The maximum atomic E-state index is 12.0. The molecule has 122 valence electrons. The topological polar surface area (TPSA) is 53.4 Å². The van der Waals surface area contributed by atoms with Crippen molar-refractivity contribution in [3.05, 3.63) is 48.3 Å². The normalized spacial score (nSPS) is 14.8. The first kappa shape index (κ1) is 15.6. The summed E-state index contributed by atoms with van der Waals surface area (Å²) in [5.74, 6) is 0.532. The van der Waals surface area contributed by atoms with Crippen LogP contribution < -0.4 is 4.74 Å². The Hall–Kier alpha value is -2.30. The van der Waals surface area contributed by atoms with Crippen LogP contribution in [0.25, 0.3) is 0 Å². The van der Waals surface area contributed by atoms with Crippen molar-refractivity contribution >= 4 is 5.97 Å². The third-order valence-corrected chi connectivity index (χ3v) is 4.02. The third-order valence-electron chi connectivity index (χ3n) is 4.02. The van der Waals surface area contributed by atoms with Crippen molar-refractivity contribution in [1.29, 1.82) is 0 Å². The van der Waals surface area contributed by atoms with Gasteiger partial charge in [0.15, 0.2) is 0 Å². The van der Waals surface area contributed by atoms with E-state index in [0.717, 1.165) is 31.6 Å². The van der Waals surface area contributed by atoms with Gasteiger partial charge >= 0.3 is 5.97 Å². The second kappa shape index (κ2) is 7.81. The van der Waals surface area contributed by atoms with Crippen LogP contribution in [0.3, 0.4) is 0 Å². The molecule has 23 heavy (non-hydrogen) atoms. The molecule has 2 aromatic rings. The monoisotopic (exact) mass is 314 g/mol. The maximum Gasteiger partial charge on any atom is 0.338 e. The molecule has 5 heteroatoms. The second-order valence-electron chi connectivity index (χ2n) is 5.81. The first-order valence-electron chi connectivity index (χ1n) is 8.22. The molecule has 1 heterocycles. The van der Waals surface area contributed by atoms with Crippen LogP contribution in [-0.4, -0.2) is 28.5 Å². The van der Waals surface area contributed by atoms with Crippen molar-refractivity contribution < 1.29 is 14.3 Å². The van der Waals surface area contributed by atoms with Gasteiger partial charge in [0.05, 0.1) is 18.3 Å². The van der Waals surface area contributed by atoms with Crippen LogP contribution in [0.15, 0.2) is 42.7 Å². The molecule has 1 aromatic heterocycles. The van der Waals surface area contributed by atoms with Gasteiger partial charge in [0.1, 0.15) is 5.75 Å². The number of esters is 1. The first-order chi connectivity index (χ1) is 11.3. The van der Waals surface area contributed by atoms with E-state index in [9.17, 15) is 4.79 Å². The van der Waals surface area contributed by atoms with Crippen molar-refractivity contribution in [2.75, 3.05) is 6.61 Å². The third kappa shape index (κ3) is 4.58. The van der Waals surface area contributed by atoms with E-state index in [4.69, 9.17) is 9.47 Å². The van der Waals surface area contributed by atoms with E-state index in [2.05, 4.69) is 5.10 Å². The molecule has 0 spiro atoms. The lowest BCUT2D eigenvalue weighted by atomic mass is 10.2. The number of hydrogen-bond acceptors (Lipinski definition) is 4. The SMILES string of the molecule is O=C(OCCCn1cccn1)c1ccc(OC2CCCC2)cc1. The van der Waals surface area contributed by atoms with E-state index in [-0.39, 0.29) is 5.97 Å². The average molecular weight is 314 g/mol. The average Bonchev–Trinajstić information content (AvgIpc) is 3.26. The number of carbonyl (C=O) groups is 1. The summed E-state index contributed by atoms with van der Waals surface area (Å²) in [6, 6.07) is 9.10. The molecule has 0 radical (unpaired) electrons. The fourth-order valence-electron chi connectivity index (χ4n) is 2.78. The lowest BCUT2D eigenvalue weighted by Crippen LogP contribution is -2.11. The van der Waals surface area contributed by atoms with Gasteiger partial charge in [-0.1, -0.05) is 0 Å². The van der Waals surface area contributed by atoms with Gasteiger partial charge in [-0.05, 0) is 56.0 Å². The Morgan fingerprint density at radius 2 is 2.00 bits per heavy atom. The molecular formula is C18H22N2O3. The molecule has 1 aliphatic carbocycles. The van der Waals surface area contributed by atoms with E-state index in [0.29, 0.717) is 18.3 Å². The number of carbonyl (C=O) groups excluding carboxylic acids is 1. The quantitative estimate of drug-likeness (QED) is 0.580. The molecule has 0 amide bonds. The molecule has 1 saturated carbocycles. The zero-order valence-corrected chi connectivity index (χ0v) is 13.2. The van der Waals surface area contributed by atoms with Gasteiger partial charge in [-0.25, -0.2) is 4.79 Å². The zero-order valence-electron chi connectivity index (χ0n) is 13.2. The molecular weight excluding hydrogens is 292 g/mol. The summed E-state index contributed by atoms with van der Waals surface area (Å²) in [5, 5.41) is 4.11. The Morgan fingerprint density at radius 1 is 1.22 bits per heavy atom. The molecule has 1 fully saturated rings. The van der Waals surface area contributed by atoms with Gasteiger partial charge in [-0.2, -0.15) is 5.10 Å². The molecule has 0 N–H and O–H groups in total. The number of hydrogen-bond donors (Lipinski definition) is 0. The fourth-order valence-corrected chi connectivity index (χ4v) is 2.78. The van der Waals surface area contributed by atoms with E-state index in [1.54, 1.807) is 18.3 Å². The lowest BCUT2D eigenvalue weighted by Gasteiger charge is -2.13. The minimum absolute atomic E-state index is 0.294. The second-order valence-corrected chi connectivity index (χ2v) is 5.81. The van der Waals surface area contributed by atoms with Crippen molar-refractivity contribution in [3.63, 3.8) is 0 Å². The number of rotatable bonds is 7. The number of benzene rings is 1. The van der Waals surface area contributed by atoms with Gasteiger partial charge < -0.3 is 9.47 Å². The Morgan fingerprint density at radius 3 is 2.70 bits per heavy atom. The Labute approximate surface area is 136 Å². The largest absolute Gasteiger partial charge is 0.490 e. The van der Waals surface area contributed by atoms with E-state index in [1.165, 1.54) is 12.8 Å². The van der Waals surface area contributed by atoms with Gasteiger partial charge in [0.2, 0.25) is 0 Å². The summed E-state index contributed by atoms with van der Waals surface area (Å²) in [5.41, 5.74) is 0.558. The summed E-state index contributed by atoms with van der Waals surface area (Å²) in [6.07, 6.45) is 9.44. The van der Waals surface area contributed by atoms with E-state index < -0.39 is 0 Å². The zero-order chi connectivity index (χ0) is 15.9. The molecule has 0 atom stereocenters. The van der Waals surface area contributed by atoms with Crippen molar-refractivity contribution in [1.82, 2.24) is 9.78 Å². The van der Waals surface area contributed by atoms with Gasteiger partial charge in [-0.15, -0.1) is 0 Å². The van der Waals surface area contributed by atoms with Crippen LogP contribution >= 0.6 is 0 Å². The predicted octanol–water partition coefficient (Wildman–Crippen LogP) is 3.45. The summed E-state index contributed by atoms with van der Waals surface area (Å²) in [4.78, 5) is 12.0. The fraction of sp³-hybridized carbons (Fsp3) is 0.444. The molecule has 5 nitrogen and oxygen atoms in total. The van der Waals surface area contributed by atoms with Crippen LogP contribution in [0.5, 0.6) is 5.75 Å². The smallest absolute Gasteiger partial charge is 0.338 e. The number of nitrogens with zero attached hydrogens (tertiary/aromatic N) is 2. The van der Waals surface area contributed by atoms with E-state index in [1.807, 2.05) is 29.1 Å². The van der Waals surface area contributed by atoms with Crippen LogP contribution in [0.2, 0.25) is 0 Å². The highest BCUT2D eigenvalue weighted by Crippen LogP contribution is 2.24. The highest BCUT2D eigenvalue weighted by atomic mass is 16.5.